The van der Waals surface area contributed by atoms with Gasteiger partial charge in [0.1, 0.15) is 6.61 Å². The first-order valence-electron chi connectivity index (χ1n) is 8.72. The monoisotopic (exact) mass is 407 g/mol. The molecule has 0 N–H and O–H groups in total. The highest BCUT2D eigenvalue weighted by Gasteiger charge is 2.14. The van der Waals surface area contributed by atoms with Gasteiger partial charge >= 0.3 is 5.97 Å². The number of methoxy groups -OCH3 is 1. The average molecular weight is 408 g/mol. The van der Waals surface area contributed by atoms with Gasteiger partial charge in [-0.15, -0.1) is 4.99 Å². The summed E-state index contributed by atoms with van der Waals surface area (Å²) in [6, 6.07) is 13.5. The summed E-state index contributed by atoms with van der Waals surface area (Å²) in [5, 5.41) is 2.52. The number of thioether (sulfide) groups is 1. The first kappa shape index (κ1) is 20.2. The number of carbonyl (C=O) groups excluding carboxylic acids is 1. The number of hydroxylamine groups is 2. The Balaban J connectivity index is 1.76. The highest BCUT2D eigenvalue weighted by molar-refractivity contribution is 7.99. The van der Waals surface area contributed by atoms with Gasteiger partial charge in [0.15, 0.2) is 0 Å². The first-order chi connectivity index (χ1) is 13.2. The Labute approximate surface area is 168 Å². The van der Waals surface area contributed by atoms with Crippen molar-refractivity contribution in [2.24, 2.45) is 0 Å². The number of halogens is 1. The number of ether oxygens (including phenoxy) is 1. The lowest BCUT2D eigenvalue weighted by Crippen LogP contribution is -2.32. The minimum Gasteiger partial charge on any atom is -0.469 e. The van der Waals surface area contributed by atoms with Gasteiger partial charge in [-0.2, -0.15) is 16.8 Å². The Bertz CT molecular complexity index is 763. The highest BCUT2D eigenvalue weighted by atomic mass is 35.5. The molecule has 0 aliphatic carbocycles. The standard InChI is InChI=1S/C20H22ClNO4S/c1-24-20(23)13-15-2-7-19(16-3-5-18(21)6-4-16)17(12-15)14-25-26-22-8-10-27-11-9-22/h2-7,12H,8-11,13-14H2,1H3. The minimum atomic E-state index is -0.275. The second kappa shape index (κ2) is 10.1. The van der Waals surface area contributed by atoms with Gasteiger partial charge in [-0.25, -0.2) is 4.89 Å². The third kappa shape index (κ3) is 5.96. The molecular formula is C20H22ClNO4S. The quantitative estimate of drug-likeness (QED) is 0.390. The highest BCUT2D eigenvalue weighted by Crippen LogP contribution is 2.27. The SMILES string of the molecule is COC(=O)Cc1ccc(-c2ccc(Cl)cc2)c(COON2CCSCC2)c1. The van der Waals surface area contributed by atoms with Crippen molar-refractivity contribution in [3.63, 3.8) is 0 Å². The van der Waals surface area contributed by atoms with E-state index in [0.717, 1.165) is 46.8 Å². The predicted octanol–water partition coefficient (Wildman–Crippen LogP) is 4.13. The van der Waals surface area contributed by atoms with Crippen LogP contribution in [0.15, 0.2) is 42.5 Å². The van der Waals surface area contributed by atoms with Gasteiger partial charge in [-0.05, 0) is 34.4 Å². The van der Waals surface area contributed by atoms with Crippen molar-refractivity contribution in [3.05, 3.63) is 58.6 Å². The van der Waals surface area contributed by atoms with Crippen molar-refractivity contribution >= 4 is 29.3 Å². The van der Waals surface area contributed by atoms with Crippen LogP contribution in [-0.4, -0.2) is 42.7 Å². The summed E-state index contributed by atoms with van der Waals surface area (Å²) in [5.41, 5.74) is 3.84. The molecule has 2 aromatic carbocycles. The average Bonchev–Trinajstić information content (AvgIpc) is 2.70. The number of nitrogens with zero attached hydrogens (tertiary/aromatic N) is 1. The van der Waals surface area contributed by atoms with Gasteiger partial charge in [0.05, 0.1) is 13.5 Å². The maximum atomic E-state index is 11.6. The van der Waals surface area contributed by atoms with Crippen molar-refractivity contribution in [3.8, 4) is 11.1 Å². The van der Waals surface area contributed by atoms with Crippen molar-refractivity contribution in [1.29, 1.82) is 0 Å². The summed E-state index contributed by atoms with van der Waals surface area (Å²) in [5.74, 6) is 1.80. The summed E-state index contributed by atoms with van der Waals surface area (Å²) in [6.07, 6.45) is 0.217. The van der Waals surface area contributed by atoms with Crippen LogP contribution in [-0.2, 0) is 32.4 Å². The maximum absolute atomic E-state index is 11.6. The molecule has 0 unspecified atom stereocenters. The normalized spacial score (nSPS) is 14.9. The van der Waals surface area contributed by atoms with E-state index in [9.17, 15) is 4.79 Å². The van der Waals surface area contributed by atoms with Crippen LogP contribution >= 0.6 is 23.4 Å². The van der Waals surface area contributed by atoms with Gasteiger partial charge in [-0.1, -0.05) is 41.9 Å². The number of rotatable bonds is 7. The van der Waals surface area contributed by atoms with Crippen LogP contribution in [0, 0.1) is 0 Å². The minimum absolute atomic E-state index is 0.217. The molecule has 0 saturated carbocycles. The first-order valence-corrected chi connectivity index (χ1v) is 10.3. The van der Waals surface area contributed by atoms with Crippen LogP contribution in [0.3, 0.4) is 0 Å². The Morgan fingerprint density at radius 3 is 2.59 bits per heavy atom. The zero-order chi connectivity index (χ0) is 19.1. The molecule has 7 heteroatoms. The fraction of sp³-hybridized carbons (Fsp3) is 0.350. The summed E-state index contributed by atoms with van der Waals surface area (Å²) in [6.45, 7) is 1.96. The van der Waals surface area contributed by atoms with E-state index in [1.165, 1.54) is 7.11 Å². The van der Waals surface area contributed by atoms with E-state index in [0.29, 0.717) is 5.02 Å². The van der Waals surface area contributed by atoms with Crippen LogP contribution in [0.25, 0.3) is 11.1 Å². The van der Waals surface area contributed by atoms with E-state index in [1.54, 1.807) is 0 Å². The molecule has 1 fully saturated rings. The van der Waals surface area contributed by atoms with Crippen LogP contribution in [0.2, 0.25) is 5.02 Å². The lowest BCUT2D eigenvalue weighted by molar-refractivity contribution is -0.431. The predicted molar refractivity (Wildman–Crippen MR) is 107 cm³/mol. The number of carbonyl (C=O) groups is 1. The van der Waals surface area contributed by atoms with E-state index in [4.69, 9.17) is 26.2 Å². The molecule has 1 aliphatic heterocycles. The molecule has 0 atom stereocenters. The second-order valence-electron chi connectivity index (χ2n) is 6.13. The molecule has 0 spiro atoms. The number of hydrogen-bond donors (Lipinski definition) is 0. The molecule has 1 aliphatic rings. The van der Waals surface area contributed by atoms with Crippen molar-refractivity contribution < 1.29 is 19.4 Å². The van der Waals surface area contributed by atoms with Gasteiger partial charge in [0, 0.05) is 29.6 Å². The Kier molecular flexibility index (Phi) is 7.55. The van der Waals surface area contributed by atoms with Crippen LogP contribution in [0.4, 0.5) is 0 Å². The summed E-state index contributed by atoms with van der Waals surface area (Å²) >= 11 is 7.91. The molecule has 1 saturated heterocycles. The number of hydrogen-bond acceptors (Lipinski definition) is 6. The molecule has 27 heavy (non-hydrogen) atoms. The number of benzene rings is 2. The second-order valence-corrected chi connectivity index (χ2v) is 7.79. The van der Waals surface area contributed by atoms with Gasteiger partial charge < -0.3 is 4.74 Å². The van der Waals surface area contributed by atoms with Crippen LogP contribution < -0.4 is 0 Å². The molecule has 0 radical (unpaired) electrons. The lowest BCUT2D eigenvalue weighted by Gasteiger charge is -2.23. The molecule has 5 nitrogen and oxygen atoms in total. The molecule has 1 heterocycles. The molecule has 0 amide bonds. The van der Waals surface area contributed by atoms with E-state index in [-0.39, 0.29) is 19.0 Å². The summed E-state index contributed by atoms with van der Waals surface area (Å²) < 4.78 is 4.76. The van der Waals surface area contributed by atoms with E-state index < -0.39 is 0 Å². The van der Waals surface area contributed by atoms with Crippen molar-refractivity contribution in [1.82, 2.24) is 5.06 Å². The van der Waals surface area contributed by atoms with Gasteiger partial charge in [-0.3, -0.25) is 4.79 Å². The topological polar surface area (TPSA) is 48.0 Å². The zero-order valence-corrected chi connectivity index (χ0v) is 16.7. The molecule has 2 aromatic rings. The van der Waals surface area contributed by atoms with E-state index in [2.05, 4.69) is 0 Å². The zero-order valence-electron chi connectivity index (χ0n) is 15.2. The Morgan fingerprint density at radius 1 is 1.15 bits per heavy atom. The Morgan fingerprint density at radius 2 is 1.89 bits per heavy atom. The third-order valence-electron chi connectivity index (χ3n) is 4.24. The summed E-state index contributed by atoms with van der Waals surface area (Å²) in [7, 11) is 1.39. The fourth-order valence-electron chi connectivity index (χ4n) is 2.81. The largest absolute Gasteiger partial charge is 0.469 e. The van der Waals surface area contributed by atoms with E-state index in [1.807, 2.05) is 59.3 Å². The molecule has 0 bridgehead atoms. The third-order valence-corrected chi connectivity index (χ3v) is 5.44. The number of esters is 1. The fourth-order valence-corrected chi connectivity index (χ4v) is 3.81. The Hall–Kier alpha value is -1.57. The van der Waals surface area contributed by atoms with Gasteiger partial charge in [0.25, 0.3) is 0 Å². The van der Waals surface area contributed by atoms with Crippen molar-refractivity contribution in [2.75, 3.05) is 31.7 Å². The smallest absolute Gasteiger partial charge is 0.309 e. The molecular weight excluding hydrogens is 386 g/mol. The summed E-state index contributed by atoms with van der Waals surface area (Å²) in [4.78, 5) is 22.6. The molecule has 0 aromatic heterocycles. The lowest BCUT2D eigenvalue weighted by atomic mass is 9.97. The van der Waals surface area contributed by atoms with Crippen molar-refractivity contribution in [2.45, 2.75) is 13.0 Å². The van der Waals surface area contributed by atoms with Crippen LogP contribution in [0.1, 0.15) is 11.1 Å². The molecule has 3 rings (SSSR count). The maximum Gasteiger partial charge on any atom is 0.309 e. The van der Waals surface area contributed by atoms with Crippen LogP contribution in [0.5, 0.6) is 0 Å². The van der Waals surface area contributed by atoms with Gasteiger partial charge in [0.2, 0.25) is 0 Å². The molecule has 144 valence electrons. The van der Waals surface area contributed by atoms with E-state index >= 15 is 0 Å².